The van der Waals surface area contributed by atoms with Crippen LogP contribution in [-0.4, -0.2) is 16.8 Å². The molecule has 1 aliphatic rings. The molecule has 0 unspecified atom stereocenters. The van der Waals surface area contributed by atoms with E-state index in [4.69, 9.17) is 0 Å². The van der Waals surface area contributed by atoms with Crippen molar-refractivity contribution in [2.45, 2.75) is 44.9 Å². The number of benzene rings is 1. The molecule has 2 amide bonds. The lowest BCUT2D eigenvalue weighted by molar-refractivity contribution is -0.129. The zero-order valence-electron chi connectivity index (χ0n) is 13.2. The van der Waals surface area contributed by atoms with Crippen LogP contribution >= 0.6 is 0 Å². The summed E-state index contributed by atoms with van der Waals surface area (Å²) in [4.78, 5) is 27.1. The van der Waals surface area contributed by atoms with Gasteiger partial charge in [0.25, 0.3) is 0 Å². The third kappa shape index (κ3) is 4.12. The fourth-order valence-electron chi connectivity index (χ4n) is 3.34. The Bertz CT molecular complexity index is 686. The number of nitrogens with one attached hydrogen (secondary N) is 3. The maximum atomic E-state index is 12.0. The zero-order chi connectivity index (χ0) is 16.1. The van der Waals surface area contributed by atoms with Gasteiger partial charge in [-0.05, 0) is 30.4 Å². The van der Waals surface area contributed by atoms with Crippen molar-refractivity contribution >= 4 is 22.7 Å². The monoisotopic (exact) mass is 313 g/mol. The van der Waals surface area contributed by atoms with Gasteiger partial charge in [0.1, 0.15) is 0 Å². The quantitative estimate of drug-likeness (QED) is 0.759. The second-order valence-corrected chi connectivity index (χ2v) is 6.34. The Labute approximate surface area is 135 Å². The van der Waals surface area contributed by atoms with Gasteiger partial charge >= 0.3 is 0 Å². The van der Waals surface area contributed by atoms with Crippen LogP contribution in [0.25, 0.3) is 10.9 Å². The van der Waals surface area contributed by atoms with Crippen LogP contribution in [0.2, 0.25) is 0 Å². The molecule has 0 saturated heterocycles. The molecule has 5 nitrogen and oxygen atoms in total. The highest BCUT2D eigenvalue weighted by molar-refractivity contribution is 5.89. The first kappa shape index (κ1) is 15.6. The summed E-state index contributed by atoms with van der Waals surface area (Å²) in [6.07, 6.45) is 8.54. The largest absolute Gasteiger partial charge is 0.361 e. The van der Waals surface area contributed by atoms with Crippen LogP contribution in [-0.2, 0) is 16.0 Å². The number of amides is 2. The Morgan fingerprint density at radius 1 is 1.04 bits per heavy atom. The maximum absolute atomic E-state index is 12.0. The summed E-state index contributed by atoms with van der Waals surface area (Å²) in [5, 5.41) is 1.04. The van der Waals surface area contributed by atoms with Crippen LogP contribution in [0.1, 0.15) is 44.1 Å². The summed E-state index contributed by atoms with van der Waals surface area (Å²) in [5.41, 5.74) is 7.01. The molecule has 3 N–H and O–H groups in total. The predicted octanol–water partition coefficient (Wildman–Crippen LogP) is 2.83. The molecule has 0 atom stereocenters. The number of hydrazine groups is 1. The predicted molar refractivity (Wildman–Crippen MR) is 89.5 cm³/mol. The Hall–Kier alpha value is -2.30. The summed E-state index contributed by atoms with van der Waals surface area (Å²) in [6, 6.07) is 7.86. The number of rotatable bonds is 4. The summed E-state index contributed by atoms with van der Waals surface area (Å²) >= 11 is 0. The van der Waals surface area contributed by atoms with Gasteiger partial charge in [-0.2, -0.15) is 0 Å². The molecule has 23 heavy (non-hydrogen) atoms. The fourth-order valence-corrected chi connectivity index (χ4v) is 3.34. The van der Waals surface area contributed by atoms with Gasteiger partial charge in [0.2, 0.25) is 11.8 Å². The van der Waals surface area contributed by atoms with Crippen LogP contribution in [0.15, 0.2) is 30.5 Å². The Balaban J connectivity index is 1.46. The van der Waals surface area contributed by atoms with Crippen molar-refractivity contribution in [2.75, 3.05) is 0 Å². The normalized spacial score (nSPS) is 15.5. The van der Waals surface area contributed by atoms with E-state index < -0.39 is 0 Å². The third-order valence-electron chi connectivity index (χ3n) is 4.57. The first-order chi connectivity index (χ1) is 11.2. The van der Waals surface area contributed by atoms with Gasteiger partial charge in [-0.1, -0.05) is 37.5 Å². The summed E-state index contributed by atoms with van der Waals surface area (Å²) in [7, 11) is 0. The molecule has 1 fully saturated rings. The van der Waals surface area contributed by atoms with Crippen LogP contribution < -0.4 is 10.9 Å². The molecule has 5 heteroatoms. The van der Waals surface area contributed by atoms with Crippen LogP contribution in [0, 0.1) is 5.92 Å². The molecule has 2 aromatic rings. The molecule has 122 valence electrons. The minimum absolute atomic E-state index is 0.0934. The Morgan fingerprint density at radius 3 is 2.61 bits per heavy atom. The smallest absolute Gasteiger partial charge is 0.242 e. The van der Waals surface area contributed by atoms with Crippen LogP contribution in [0.5, 0.6) is 0 Å². The van der Waals surface area contributed by atoms with Gasteiger partial charge in [0.05, 0.1) is 6.42 Å². The van der Waals surface area contributed by atoms with Crippen molar-refractivity contribution in [2.24, 2.45) is 5.92 Å². The highest BCUT2D eigenvalue weighted by Crippen LogP contribution is 2.25. The van der Waals surface area contributed by atoms with Gasteiger partial charge in [0, 0.05) is 23.5 Å². The number of para-hydroxylation sites is 1. The molecule has 1 aromatic heterocycles. The molecule has 0 radical (unpaired) electrons. The minimum Gasteiger partial charge on any atom is -0.361 e. The molecule has 1 aromatic carbocycles. The standard InChI is InChI=1S/C18H23N3O2/c22-17(10-13-6-2-1-3-7-13)20-21-18(23)11-14-12-19-16-9-5-4-8-15(14)16/h4-5,8-9,12-13,19H,1-3,6-7,10-11H2,(H,20,22)(H,21,23). The number of hydrogen-bond donors (Lipinski definition) is 3. The van der Waals surface area contributed by atoms with Crippen molar-refractivity contribution in [3.05, 3.63) is 36.0 Å². The number of carbonyl (C=O) groups excluding carboxylic acids is 2. The number of aromatic amines is 1. The van der Waals surface area contributed by atoms with Crippen molar-refractivity contribution in [3.8, 4) is 0 Å². The lowest BCUT2D eigenvalue weighted by Gasteiger charge is -2.20. The lowest BCUT2D eigenvalue weighted by atomic mass is 9.87. The van der Waals surface area contributed by atoms with Crippen molar-refractivity contribution in [3.63, 3.8) is 0 Å². The first-order valence-corrected chi connectivity index (χ1v) is 8.35. The van der Waals surface area contributed by atoms with E-state index in [0.717, 1.165) is 29.3 Å². The van der Waals surface area contributed by atoms with E-state index in [2.05, 4.69) is 15.8 Å². The van der Waals surface area contributed by atoms with Gasteiger partial charge in [0.15, 0.2) is 0 Å². The maximum Gasteiger partial charge on any atom is 0.242 e. The number of hydrogen-bond acceptors (Lipinski definition) is 2. The third-order valence-corrected chi connectivity index (χ3v) is 4.57. The molecule has 0 aliphatic heterocycles. The summed E-state index contributed by atoms with van der Waals surface area (Å²) in [5.74, 6) is 0.171. The zero-order valence-corrected chi connectivity index (χ0v) is 13.2. The molecule has 0 bridgehead atoms. The molecule has 1 saturated carbocycles. The fraction of sp³-hybridized carbons (Fsp3) is 0.444. The second kappa shape index (κ2) is 7.31. The molecular formula is C18H23N3O2. The van der Waals surface area contributed by atoms with Gasteiger partial charge < -0.3 is 4.98 Å². The number of fused-ring (bicyclic) bond motifs is 1. The molecule has 1 heterocycles. The van der Waals surface area contributed by atoms with Crippen molar-refractivity contribution in [1.29, 1.82) is 0 Å². The van der Waals surface area contributed by atoms with E-state index in [9.17, 15) is 9.59 Å². The van der Waals surface area contributed by atoms with Gasteiger partial charge in [-0.3, -0.25) is 20.4 Å². The SMILES string of the molecule is O=C(Cc1c[nH]c2ccccc12)NNC(=O)CC1CCCCC1. The van der Waals surface area contributed by atoms with E-state index in [-0.39, 0.29) is 18.2 Å². The molecule has 1 aliphatic carbocycles. The highest BCUT2D eigenvalue weighted by atomic mass is 16.2. The number of aromatic nitrogens is 1. The Morgan fingerprint density at radius 2 is 1.78 bits per heavy atom. The molecule has 3 rings (SSSR count). The summed E-state index contributed by atoms with van der Waals surface area (Å²) in [6.45, 7) is 0. The average Bonchev–Trinajstić information content (AvgIpc) is 2.97. The minimum atomic E-state index is -0.202. The first-order valence-electron chi connectivity index (χ1n) is 8.35. The van der Waals surface area contributed by atoms with E-state index in [0.29, 0.717) is 12.3 Å². The van der Waals surface area contributed by atoms with Gasteiger partial charge in [-0.25, -0.2) is 0 Å². The lowest BCUT2D eigenvalue weighted by Crippen LogP contribution is -2.43. The summed E-state index contributed by atoms with van der Waals surface area (Å²) < 4.78 is 0. The van der Waals surface area contributed by atoms with E-state index in [1.165, 1.54) is 19.3 Å². The topological polar surface area (TPSA) is 74.0 Å². The molecule has 0 spiro atoms. The van der Waals surface area contributed by atoms with E-state index in [1.54, 1.807) is 0 Å². The van der Waals surface area contributed by atoms with E-state index in [1.807, 2.05) is 30.5 Å². The van der Waals surface area contributed by atoms with Crippen LogP contribution in [0.3, 0.4) is 0 Å². The number of H-pyrrole nitrogens is 1. The van der Waals surface area contributed by atoms with E-state index >= 15 is 0 Å². The number of carbonyl (C=O) groups is 2. The molecular weight excluding hydrogens is 290 g/mol. The average molecular weight is 313 g/mol. The second-order valence-electron chi connectivity index (χ2n) is 6.34. The van der Waals surface area contributed by atoms with Crippen LogP contribution in [0.4, 0.5) is 0 Å². The van der Waals surface area contributed by atoms with Crippen molar-refractivity contribution < 1.29 is 9.59 Å². The van der Waals surface area contributed by atoms with Crippen molar-refractivity contribution in [1.82, 2.24) is 15.8 Å². The van der Waals surface area contributed by atoms with Gasteiger partial charge in [-0.15, -0.1) is 0 Å². The Kier molecular flexibility index (Phi) is 4.95. The highest BCUT2D eigenvalue weighted by Gasteiger charge is 2.17.